The zero-order valence-electron chi connectivity index (χ0n) is 14.8. The van der Waals surface area contributed by atoms with Crippen molar-refractivity contribution in [1.29, 1.82) is 5.26 Å². The topological polar surface area (TPSA) is 143 Å². The number of nitro groups is 1. The first-order chi connectivity index (χ1) is 12.8. The fourth-order valence-electron chi connectivity index (χ4n) is 2.30. The van der Waals surface area contributed by atoms with Crippen molar-refractivity contribution in [3.05, 3.63) is 45.6 Å². The number of methoxy groups -OCH3 is 1. The van der Waals surface area contributed by atoms with Crippen molar-refractivity contribution in [3.8, 4) is 11.9 Å². The predicted molar refractivity (Wildman–Crippen MR) is 93.2 cm³/mol. The molecule has 140 valence electrons. The minimum absolute atomic E-state index is 0.0551. The maximum atomic E-state index is 12.5. The molecule has 0 aliphatic heterocycles. The van der Waals surface area contributed by atoms with E-state index in [0.717, 1.165) is 11.0 Å². The lowest BCUT2D eigenvalue weighted by atomic mass is 10.1. The highest BCUT2D eigenvalue weighted by molar-refractivity contribution is 6.00. The summed E-state index contributed by atoms with van der Waals surface area (Å²) in [6, 6.07) is 5.29. The number of nitrogens with zero attached hydrogens (tertiary/aromatic N) is 5. The first-order valence-electron chi connectivity index (χ1n) is 7.58. The van der Waals surface area contributed by atoms with Crippen LogP contribution in [0.15, 0.2) is 24.4 Å². The molecule has 1 N–H and O–H groups in total. The average Bonchev–Trinajstić information content (AvgIpc) is 3.01. The Morgan fingerprint density at radius 2 is 2.19 bits per heavy atom. The maximum Gasteiger partial charge on any atom is 0.270 e. The highest BCUT2D eigenvalue weighted by Crippen LogP contribution is 2.21. The average molecular weight is 372 g/mol. The van der Waals surface area contributed by atoms with E-state index < -0.39 is 16.7 Å². The Labute approximate surface area is 153 Å². The summed E-state index contributed by atoms with van der Waals surface area (Å²) >= 11 is 0. The van der Waals surface area contributed by atoms with Gasteiger partial charge in [0.25, 0.3) is 11.6 Å². The van der Waals surface area contributed by atoms with Crippen LogP contribution in [0, 0.1) is 21.4 Å². The van der Waals surface area contributed by atoms with Gasteiger partial charge in [0.1, 0.15) is 11.6 Å². The Morgan fingerprint density at radius 3 is 2.78 bits per heavy atom. The molecule has 1 aromatic heterocycles. The Hall–Kier alpha value is -3.94. The van der Waals surface area contributed by atoms with Gasteiger partial charge in [-0.3, -0.25) is 24.4 Å². The van der Waals surface area contributed by atoms with Gasteiger partial charge in [-0.15, -0.1) is 5.10 Å². The smallest absolute Gasteiger partial charge is 0.270 e. The van der Waals surface area contributed by atoms with E-state index in [-0.39, 0.29) is 34.9 Å². The lowest BCUT2D eigenvalue weighted by molar-refractivity contribution is -0.384. The Morgan fingerprint density at radius 1 is 1.48 bits per heavy atom. The van der Waals surface area contributed by atoms with Crippen molar-refractivity contribution in [2.75, 3.05) is 26.0 Å². The number of nitrogens with one attached hydrogen (secondary N) is 1. The van der Waals surface area contributed by atoms with E-state index in [1.807, 2.05) is 0 Å². The fourth-order valence-corrected chi connectivity index (χ4v) is 2.30. The van der Waals surface area contributed by atoms with E-state index in [4.69, 9.17) is 10.00 Å². The van der Waals surface area contributed by atoms with Crippen molar-refractivity contribution in [2.24, 2.45) is 7.05 Å². The number of aryl methyl sites for hydroxylation is 1. The molecule has 2 aromatic rings. The second-order valence-electron chi connectivity index (χ2n) is 5.53. The van der Waals surface area contributed by atoms with Crippen LogP contribution in [0.1, 0.15) is 15.9 Å². The molecule has 11 heteroatoms. The molecule has 0 bridgehead atoms. The third-order valence-electron chi connectivity index (χ3n) is 3.55. The summed E-state index contributed by atoms with van der Waals surface area (Å²) in [5.74, 6) is -0.907. The normalized spacial score (nSPS) is 10.0. The first-order valence-corrected chi connectivity index (χ1v) is 7.58. The number of anilines is 1. The first kappa shape index (κ1) is 19.4. The van der Waals surface area contributed by atoms with Gasteiger partial charge in [0.05, 0.1) is 29.8 Å². The number of amides is 2. The van der Waals surface area contributed by atoms with Crippen LogP contribution in [-0.4, -0.2) is 52.1 Å². The summed E-state index contributed by atoms with van der Waals surface area (Å²) in [6.07, 6.45) is 1.47. The summed E-state index contributed by atoms with van der Waals surface area (Å²) in [5.41, 5.74) is -0.00256. The molecule has 0 spiro atoms. The van der Waals surface area contributed by atoms with Crippen LogP contribution in [-0.2, 0) is 11.8 Å². The molecule has 1 heterocycles. The standard InChI is InChI=1S/C16H16N6O5/c1-20(16(24)12-8-21(2)19-15(12)27-3)9-14(23)18-13-5-4-11(22(25)26)6-10(13)7-17/h4-6,8H,9H2,1-3H3,(H,18,23). The molecule has 0 atom stereocenters. The van der Waals surface area contributed by atoms with E-state index >= 15 is 0 Å². The van der Waals surface area contributed by atoms with Crippen LogP contribution in [0.3, 0.4) is 0 Å². The molecule has 0 radical (unpaired) electrons. The molecule has 0 saturated heterocycles. The Bertz CT molecular complexity index is 945. The van der Waals surface area contributed by atoms with Crippen molar-refractivity contribution in [3.63, 3.8) is 0 Å². The fraction of sp³-hybridized carbons (Fsp3) is 0.250. The number of aromatic nitrogens is 2. The maximum absolute atomic E-state index is 12.5. The van der Waals surface area contributed by atoms with Crippen molar-refractivity contribution >= 4 is 23.2 Å². The summed E-state index contributed by atoms with van der Waals surface area (Å²) in [4.78, 5) is 35.9. The molecular formula is C16H16N6O5. The molecule has 27 heavy (non-hydrogen) atoms. The number of non-ortho nitro benzene ring substituents is 1. The van der Waals surface area contributed by atoms with Crippen LogP contribution < -0.4 is 10.1 Å². The van der Waals surface area contributed by atoms with Crippen LogP contribution >= 0.6 is 0 Å². The largest absolute Gasteiger partial charge is 0.479 e. The number of carbonyl (C=O) groups excluding carboxylic acids is 2. The number of hydrogen-bond acceptors (Lipinski definition) is 7. The van der Waals surface area contributed by atoms with Crippen molar-refractivity contribution in [2.45, 2.75) is 0 Å². The molecule has 0 aliphatic carbocycles. The van der Waals surface area contributed by atoms with Gasteiger partial charge in [-0.05, 0) is 6.07 Å². The van der Waals surface area contributed by atoms with Gasteiger partial charge >= 0.3 is 0 Å². The molecule has 1 aromatic carbocycles. The zero-order valence-corrected chi connectivity index (χ0v) is 14.8. The van der Waals surface area contributed by atoms with Crippen molar-refractivity contribution in [1.82, 2.24) is 14.7 Å². The Kier molecular flexibility index (Phi) is 5.71. The van der Waals surface area contributed by atoms with Gasteiger partial charge in [0.2, 0.25) is 11.8 Å². The van der Waals surface area contributed by atoms with Gasteiger partial charge in [0.15, 0.2) is 0 Å². The second-order valence-corrected chi connectivity index (χ2v) is 5.53. The molecule has 11 nitrogen and oxygen atoms in total. The van der Waals surface area contributed by atoms with E-state index in [9.17, 15) is 19.7 Å². The molecule has 0 fully saturated rings. The van der Waals surface area contributed by atoms with Gasteiger partial charge in [-0.25, -0.2) is 0 Å². The number of hydrogen-bond donors (Lipinski definition) is 1. The van der Waals surface area contributed by atoms with Gasteiger partial charge in [-0.1, -0.05) is 0 Å². The van der Waals surface area contributed by atoms with Crippen LogP contribution in [0.2, 0.25) is 0 Å². The number of ether oxygens (including phenoxy) is 1. The lowest BCUT2D eigenvalue weighted by Crippen LogP contribution is -2.35. The minimum atomic E-state index is -0.639. The van der Waals surface area contributed by atoms with Gasteiger partial charge < -0.3 is 15.0 Å². The van der Waals surface area contributed by atoms with E-state index in [1.54, 1.807) is 13.1 Å². The zero-order chi connectivity index (χ0) is 20.1. The highest BCUT2D eigenvalue weighted by Gasteiger charge is 2.22. The summed E-state index contributed by atoms with van der Waals surface area (Å²) in [7, 11) is 4.43. The van der Waals surface area contributed by atoms with Crippen LogP contribution in [0.25, 0.3) is 0 Å². The van der Waals surface area contributed by atoms with E-state index in [0.29, 0.717) is 0 Å². The minimum Gasteiger partial charge on any atom is -0.479 e. The molecule has 2 amide bonds. The summed E-state index contributed by atoms with van der Waals surface area (Å²) < 4.78 is 6.44. The van der Waals surface area contributed by atoms with Gasteiger partial charge in [-0.2, -0.15) is 5.26 Å². The van der Waals surface area contributed by atoms with E-state index in [2.05, 4.69) is 10.4 Å². The predicted octanol–water partition coefficient (Wildman–Crippen LogP) is 0.919. The number of carbonyl (C=O) groups is 2. The van der Waals surface area contributed by atoms with Crippen LogP contribution in [0.5, 0.6) is 5.88 Å². The van der Waals surface area contributed by atoms with Crippen molar-refractivity contribution < 1.29 is 19.2 Å². The van der Waals surface area contributed by atoms with Gasteiger partial charge in [0, 0.05) is 32.4 Å². The summed E-state index contributed by atoms with van der Waals surface area (Å²) in [6.45, 7) is -0.307. The number of nitro benzene ring substituents is 1. The monoisotopic (exact) mass is 372 g/mol. The number of rotatable bonds is 6. The molecular weight excluding hydrogens is 356 g/mol. The Balaban J connectivity index is 2.10. The highest BCUT2D eigenvalue weighted by atomic mass is 16.6. The quantitative estimate of drug-likeness (QED) is 0.586. The number of nitriles is 1. The van der Waals surface area contributed by atoms with E-state index in [1.165, 1.54) is 37.2 Å². The molecule has 0 unspecified atom stereocenters. The third-order valence-corrected chi connectivity index (χ3v) is 3.55. The molecule has 0 aliphatic rings. The third kappa shape index (κ3) is 4.37. The second kappa shape index (κ2) is 7.96. The van der Waals surface area contributed by atoms with Crippen LogP contribution in [0.4, 0.5) is 11.4 Å². The SMILES string of the molecule is COc1nn(C)cc1C(=O)N(C)CC(=O)Nc1ccc([N+](=O)[O-])cc1C#N. The molecule has 2 rings (SSSR count). The lowest BCUT2D eigenvalue weighted by Gasteiger charge is -2.16. The molecule has 0 saturated carbocycles. The summed E-state index contributed by atoms with van der Waals surface area (Å²) in [5, 5.41) is 26.3. The number of benzene rings is 1. The number of likely N-dealkylation sites (N-methyl/N-ethyl adjacent to an activating group) is 1.